The lowest BCUT2D eigenvalue weighted by Crippen LogP contribution is -2.20. The van der Waals surface area contributed by atoms with Gasteiger partial charge in [0.1, 0.15) is 18.1 Å². The van der Waals surface area contributed by atoms with E-state index in [1.807, 2.05) is 4.72 Å². The maximum Gasteiger partial charge on any atom is 0.337 e. The third kappa shape index (κ3) is 3.12. The summed E-state index contributed by atoms with van der Waals surface area (Å²) in [6.07, 6.45) is 0. The zero-order chi connectivity index (χ0) is 19.1. The van der Waals surface area contributed by atoms with Crippen molar-refractivity contribution in [3.05, 3.63) is 47.3 Å². The quantitative estimate of drug-likeness (QED) is 0.779. The van der Waals surface area contributed by atoms with E-state index >= 15 is 0 Å². The van der Waals surface area contributed by atoms with Crippen molar-refractivity contribution in [2.45, 2.75) is 4.90 Å². The Morgan fingerprint density at radius 3 is 2.27 bits per heavy atom. The van der Waals surface area contributed by atoms with Crippen LogP contribution >= 0.6 is 0 Å². The second kappa shape index (κ2) is 6.41. The summed E-state index contributed by atoms with van der Waals surface area (Å²) in [6, 6.07) is 3.05. The van der Waals surface area contributed by atoms with Gasteiger partial charge in [0.15, 0.2) is 29.0 Å². The molecule has 0 amide bonds. The number of rotatable bonds is 4. The Balaban J connectivity index is 2.07. The molecule has 1 aliphatic rings. The van der Waals surface area contributed by atoms with E-state index in [0.29, 0.717) is 12.1 Å². The summed E-state index contributed by atoms with van der Waals surface area (Å²) in [5.41, 5.74) is -0.952. The fraction of sp³-hybridized carbons (Fsp3) is 0.133. The SMILES string of the molecule is O=C(O)c1cc2c(cc1NS(=O)(=O)c1ccc(F)c(F)c1F)OCCO2. The molecular formula is C15H10F3NO6S. The Hall–Kier alpha value is -2.95. The van der Waals surface area contributed by atoms with Crippen molar-refractivity contribution < 1.29 is 41.0 Å². The van der Waals surface area contributed by atoms with Crippen LogP contribution in [0, 0.1) is 17.5 Å². The fourth-order valence-corrected chi connectivity index (χ4v) is 3.41. The number of carboxylic acid groups (broad SMARTS) is 1. The lowest BCUT2D eigenvalue weighted by Gasteiger charge is -2.20. The minimum Gasteiger partial charge on any atom is -0.486 e. The van der Waals surface area contributed by atoms with Crippen molar-refractivity contribution in [1.29, 1.82) is 0 Å². The summed E-state index contributed by atoms with van der Waals surface area (Å²) in [5.74, 6) is -6.78. The molecule has 0 bridgehead atoms. The Morgan fingerprint density at radius 1 is 1.04 bits per heavy atom. The molecule has 11 heteroatoms. The van der Waals surface area contributed by atoms with Crippen molar-refractivity contribution in [2.75, 3.05) is 17.9 Å². The number of aromatic carboxylic acids is 1. The van der Waals surface area contributed by atoms with Gasteiger partial charge in [0.25, 0.3) is 10.0 Å². The maximum atomic E-state index is 13.8. The number of hydrogen-bond donors (Lipinski definition) is 2. The van der Waals surface area contributed by atoms with E-state index in [-0.39, 0.29) is 24.7 Å². The molecule has 7 nitrogen and oxygen atoms in total. The average molecular weight is 389 g/mol. The van der Waals surface area contributed by atoms with Crippen LogP contribution < -0.4 is 14.2 Å². The Kier molecular flexibility index (Phi) is 4.40. The molecule has 3 rings (SSSR count). The number of benzene rings is 2. The van der Waals surface area contributed by atoms with Crippen molar-refractivity contribution in [2.24, 2.45) is 0 Å². The number of sulfonamides is 1. The molecule has 0 aliphatic carbocycles. The molecule has 0 radical (unpaired) electrons. The fourth-order valence-electron chi connectivity index (χ4n) is 2.27. The molecule has 0 fully saturated rings. The first-order valence-electron chi connectivity index (χ1n) is 7.04. The molecule has 1 aliphatic heterocycles. The molecule has 0 spiro atoms. The molecule has 2 aromatic rings. The lowest BCUT2D eigenvalue weighted by atomic mass is 10.1. The van der Waals surface area contributed by atoms with Crippen molar-refractivity contribution in [1.82, 2.24) is 0 Å². The Labute approximate surface area is 145 Å². The van der Waals surface area contributed by atoms with Crippen LogP contribution in [-0.4, -0.2) is 32.7 Å². The van der Waals surface area contributed by atoms with E-state index in [1.165, 1.54) is 0 Å². The van der Waals surface area contributed by atoms with E-state index in [1.54, 1.807) is 0 Å². The molecule has 0 saturated carbocycles. The Morgan fingerprint density at radius 2 is 1.65 bits per heavy atom. The minimum absolute atomic E-state index is 0.0738. The van der Waals surface area contributed by atoms with E-state index in [4.69, 9.17) is 9.47 Å². The summed E-state index contributed by atoms with van der Waals surface area (Å²) in [5, 5.41) is 9.25. The van der Waals surface area contributed by atoms with Crippen LogP contribution in [-0.2, 0) is 10.0 Å². The van der Waals surface area contributed by atoms with Gasteiger partial charge >= 0.3 is 5.97 Å². The third-order valence-electron chi connectivity index (χ3n) is 3.45. The lowest BCUT2D eigenvalue weighted by molar-refractivity contribution is 0.0697. The van der Waals surface area contributed by atoms with E-state index in [2.05, 4.69) is 0 Å². The molecule has 0 unspecified atom stereocenters. The van der Waals surface area contributed by atoms with E-state index in [9.17, 15) is 31.5 Å². The van der Waals surface area contributed by atoms with Crippen molar-refractivity contribution >= 4 is 21.7 Å². The molecule has 0 atom stereocenters. The van der Waals surface area contributed by atoms with Gasteiger partial charge in [-0.15, -0.1) is 0 Å². The molecular weight excluding hydrogens is 379 g/mol. The van der Waals surface area contributed by atoms with Gasteiger partial charge in [-0.1, -0.05) is 0 Å². The van der Waals surface area contributed by atoms with Gasteiger partial charge in [0.05, 0.1) is 11.3 Å². The predicted molar refractivity (Wildman–Crippen MR) is 81.5 cm³/mol. The maximum absolute atomic E-state index is 13.8. The zero-order valence-corrected chi connectivity index (χ0v) is 13.6. The van der Waals surface area contributed by atoms with E-state index < -0.39 is 49.6 Å². The molecule has 26 heavy (non-hydrogen) atoms. The first kappa shape index (κ1) is 17.9. The summed E-state index contributed by atoms with van der Waals surface area (Å²) >= 11 is 0. The number of ether oxygens (including phenoxy) is 2. The number of halogens is 3. The minimum atomic E-state index is -4.76. The van der Waals surface area contributed by atoms with Crippen molar-refractivity contribution in [3.63, 3.8) is 0 Å². The van der Waals surface area contributed by atoms with Gasteiger partial charge in [-0.25, -0.2) is 26.4 Å². The third-order valence-corrected chi connectivity index (χ3v) is 4.83. The van der Waals surface area contributed by atoms with Crippen LogP contribution in [0.1, 0.15) is 10.4 Å². The van der Waals surface area contributed by atoms with E-state index in [0.717, 1.165) is 12.1 Å². The number of hydrogen-bond acceptors (Lipinski definition) is 5. The van der Waals surface area contributed by atoms with Gasteiger partial charge in [0.2, 0.25) is 0 Å². The zero-order valence-electron chi connectivity index (χ0n) is 12.8. The summed E-state index contributed by atoms with van der Waals surface area (Å²) in [7, 11) is -4.76. The van der Waals surface area contributed by atoms with Crippen LogP contribution in [0.2, 0.25) is 0 Å². The van der Waals surface area contributed by atoms with Crippen LogP contribution in [0.3, 0.4) is 0 Å². The molecule has 2 N–H and O–H groups in total. The number of nitrogens with one attached hydrogen (secondary N) is 1. The van der Waals surface area contributed by atoms with Crippen LogP contribution in [0.15, 0.2) is 29.2 Å². The molecule has 0 aromatic heterocycles. The smallest absolute Gasteiger partial charge is 0.337 e. The van der Waals surface area contributed by atoms with Crippen LogP contribution in [0.4, 0.5) is 18.9 Å². The average Bonchev–Trinajstić information content (AvgIpc) is 2.58. The normalized spacial score (nSPS) is 13.3. The first-order valence-corrected chi connectivity index (χ1v) is 8.52. The number of carbonyl (C=O) groups is 1. The van der Waals surface area contributed by atoms with Gasteiger partial charge in [-0.2, -0.15) is 0 Å². The largest absolute Gasteiger partial charge is 0.486 e. The summed E-state index contributed by atoms with van der Waals surface area (Å²) < 4.78 is 77.1. The van der Waals surface area contributed by atoms with Gasteiger partial charge in [0, 0.05) is 12.1 Å². The molecule has 138 valence electrons. The summed E-state index contributed by atoms with van der Waals surface area (Å²) in [4.78, 5) is 10.2. The molecule has 1 heterocycles. The first-order chi connectivity index (χ1) is 12.2. The van der Waals surface area contributed by atoms with Gasteiger partial charge < -0.3 is 14.6 Å². The number of carboxylic acids is 1. The highest BCUT2D eigenvalue weighted by molar-refractivity contribution is 7.92. The second-order valence-corrected chi connectivity index (χ2v) is 6.78. The van der Waals surface area contributed by atoms with Crippen LogP contribution in [0.25, 0.3) is 0 Å². The van der Waals surface area contributed by atoms with Gasteiger partial charge in [-0.05, 0) is 12.1 Å². The topological polar surface area (TPSA) is 102 Å². The monoisotopic (exact) mass is 389 g/mol. The highest BCUT2D eigenvalue weighted by Gasteiger charge is 2.27. The van der Waals surface area contributed by atoms with Crippen LogP contribution in [0.5, 0.6) is 11.5 Å². The predicted octanol–water partition coefficient (Wildman–Crippen LogP) is 2.37. The Bertz CT molecular complexity index is 1010. The molecule has 2 aromatic carbocycles. The number of fused-ring (bicyclic) bond motifs is 1. The molecule has 0 saturated heterocycles. The highest BCUT2D eigenvalue weighted by Crippen LogP contribution is 2.36. The standard InChI is InChI=1S/C15H10F3NO6S/c16-8-1-2-12(14(18)13(8)17)26(22,23)19-9-6-11-10(24-3-4-25-11)5-7(9)15(20)21/h1-2,5-6,19H,3-4H2,(H,20,21). The van der Waals surface area contributed by atoms with Crippen molar-refractivity contribution in [3.8, 4) is 11.5 Å². The second-order valence-electron chi connectivity index (χ2n) is 5.13. The van der Waals surface area contributed by atoms with Gasteiger partial charge in [-0.3, -0.25) is 4.72 Å². The highest BCUT2D eigenvalue weighted by atomic mass is 32.2. The summed E-state index contributed by atoms with van der Waals surface area (Å²) in [6.45, 7) is 0.334. The number of anilines is 1.